The minimum atomic E-state index is -5.22. The van der Waals surface area contributed by atoms with Crippen molar-refractivity contribution in [3.8, 4) is 23.1 Å². The van der Waals surface area contributed by atoms with Crippen molar-refractivity contribution in [2.24, 2.45) is 30.7 Å². The average molecular weight is 1150 g/mol. The standard InChI is InChI=1S/C37H31N9O20S7/c1-18-9-28(30(66-7-2-8-69(51,52)53)15-27(18)42-45-37-39-33-31(67-37)10-19(17-68(49)50)11-32(33)72(60,61)62)43-40-25-5-4-24-23(34(25)47)3-6-26(35(24)73(63,64)65)41-44-29-16-38-46(36(29)48)20-12-21(70(54,55)56)14-22(13-20)71(57,58)59/h3-6,9-16,47-48,68H,2,7-8,17H2,1H3,(H,51,52,53)(H,54,55,56)(H,57,58,59)(H,60,61,62)(H,63,64,65). The third-order valence-electron chi connectivity index (χ3n) is 9.72. The zero-order chi connectivity index (χ0) is 53.6. The molecule has 0 bridgehead atoms. The Morgan fingerprint density at radius 3 is 1.88 bits per heavy atom. The van der Waals surface area contributed by atoms with Crippen molar-refractivity contribution in [3.05, 3.63) is 84.1 Å². The highest BCUT2D eigenvalue weighted by Crippen LogP contribution is 2.44. The number of aryl methyl sites for hydroxylation is 1. The van der Waals surface area contributed by atoms with E-state index in [-0.39, 0.29) is 67.5 Å². The number of thiol groups is 1. The van der Waals surface area contributed by atoms with E-state index in [0.29, 0.717) is 28.4 Å². The van der Waals surface area contributed by atoms with E-state index < -0.39 is 121 Å². The lowest BCUT2D eigenvalue weighted by atomic mass is 10.1. The van der Waals surface area contributed by atoms with Crippen LogP contribution in [0.1, 0.15) is 17.5 Å². The number of thiazole rings is 1. The molecule has 5 aromatic carbocycles. The van der Waals surface area contributed by atoms with Gasteiger partial charge in [0, 0.05) is 16.8 Å². The smallest absolute Gasteiger partial charge is 0.297 e. The van der Waals surface area contributed by atoms with Gasteiger partial charge in [0.25, 0.3) is 50.6 Å². The summed E-state index contributed by atoms with van der Waals surface area (Å²) in [5, 5.41) is 49.2. The topological polar surface area (TPSA) is 461 Å². The molecule has 0 unspecified atom stereocenters. The molecule has 2 heterocycles. The molecular formula is C37H31N9O20S7. The molecule has 0 aliphatic heterocycles. The molecule has 0 aliphatic rings. The fourth-order valence-corrected chi connectivity index (χ4v) is 11.2. The van der Waals surface area contributed by atoms with Gasteiger partial charge >= 0.3 is 0 Å². The second-order valence-electron chi connectivity index (χ2n) is 14.9. The molecular weight excluding hydrogens is 1110 g/mol. The zero-order valence-electron chi connectivity index (χ0n) is 36.1. The van der Waals surface area contributed by atoms with Gasteiger partial charge in [-0.05, 0) is 79.1 Å². The van der Waals surface area contributed by atoms with E-state index in [1.54, 1.807) is 6.92 Å². The number of hydrogen-bond donors (Lipinski definition) is 8. The maximum atomic E-state index is 12.8. The number of phenolic OH excluding ortho intramolecular Hbond substituents is 1. The largest absolute Gasteiger partial charge is 0.505 e. The Bertz CT molecular complexity index is 4140. The average Bonchev–Trinajstić information content (AvgIpc) is 3.86. The number of azo groups is 3. The van der Waals surface area contributed by atoms with Crippen molar-refractivity contribution in [2.45, 2.75) is 38.7 Å². The molecule has 7 rings (SSSR count). The number of rotatable bonds is 18. The number of aromatic hydroxyl groups is 2. The second-order valence-corrected chi connectivity index (χ2v) is 24.0. The van der Waals surface area contributed by atoms with E-state index in [4.69, 9.17) is 4.74 Å². The van der Waals surface area contributed by atoms with Gasteiger partial charge in [0.05, 0.1) is 50.2 Å². The van der Waals surface area contributed by atoms with Gasteiger partial charge in [-0.15, -0.1) is 30.7 Å². The minimum Gasteiger partial charge on any atom is -0.505 e. The van der Waals surface area contributed by atoms with Gasteiger partial charge < -0.3 is 14.9 Å². The van der Waals surface area contributed by atoms with Crippen LogP contribution in [-0.2, 0) is 67.0 Å². The first-order valence-electron chi connectivity index (χ1n) is 19.5. The number of phenols is 1. The summed E-state index contributed by atoms with van der Waals surface area (Å²) >= 11 is 0.812. The molecule has 0 spiro atoms. The molecule has 0 amide bonds. The molecule has 0 atom stereocenters. The number of hydrogen-bond acceptors (Lipinski definition) is 24. The molecule has 0 saturated carbocycles. The fraction of sp³-hybridized carbons (Fsp3) is 0.135. The van der Waals surface area contributed by atoms with E-state index in [1.165, 1.54) is 18.2 Å². The summed E-state index contributed by atoms with van der Waals surface area (Å²) in [6.07, 6.45) is 0.601. The number of benzene rings is 5. The maximum absolute atomic E-state index is 12.8. The van der Waals surface area contributed by atoms with E-state index in [1.807, 2.05) is 0 Å². The lowest BCUT2D eigenvalue weighted by Gasteiger charge is -2.11. The number of fused-ring (bicyclic) bond motifs is 2. The summed E-state index contributed by atoms with van der Waals surface area (Å²) in [6, 6.07) is 11.1. The van der Waals surface area contributed by atoms with Crippen LogP contribution in [0.2, 0.25) is 0 Å². The van der Waals surface area contributed by atoms with Crippen LogP contribution in [0.3, 0.4) is 0 Å². The molecule has 0 radical (unpaired) electrons. The monoisotopic (exact) mass is 1140 g/mol. The van der Waals surface area contributed by atoms with Crippen molar-refractivity contribution < 1.29 is 88.2 Å². The lowest BCUT2D eigenvalue weighted by Crippen LogP contribution is -2.08. The van der Waals surface area contributed by atoms with Crippen LogP contribution in [0.15, 0.2) is 123 Å². The van der Waals surface area contributed by atoms with Crippen LogP contribution in [0, 0.1) is 6.92 Å². The Labute approximate surface area is 416 Å². The Kier molecular flexibility index (Phi) is 14.9. The molecule has 386 valence electrons. The summed E-state index contributed by atoms with van der Waals surface area (Å²) in [5.74, 6) is -2.97. The minimum absolute atomic E-state index is 0.0545. The van der Waals surface area contributed by atoms with Gasteiger partial charge in [0.1, 0.15) is 48.8 Å². The van der Waals surface area contributed by atoms with Gasteiger partial charge in [-0.1, -0.05) is 17.4 Å². The number of nitrogens with zero attached hydrogens (tertiary/aromatic N) is 9. The van der Waals surface area contributed by atoms with Crippen LogP contribution < -0.4 is 4.74 Å². The van der Waals surface area contributed by atoms with E-state index in [2.05, 4.69) is 40.8 Å². The first-order chi connectivity index (χ1) is 33.9. The van der Waals surface area contributed by atoms with Gasteiger partial charge in [-0.2, -0.15) is 51.9 Å². The molecule has 7 N–H and O–H groups in total. The lowest BCUT2D eigenvalue weighted by molar-refractivity contribution is 0.317. The van der Waals surface area contributed by atoms with E-state index >= 15 is 0 Å². The quantitative estimate of drug-likeness (QED) is 0.0200. The highest BCUT2D eigenvalue weighted by atomic mass is 32.2. The van der Waals surface area contributed by atoms with Crippen molar-refractivity contribution in [1.29, 1.82) is 0 Å². The predicted octanol–water partition coefficient (Wildman–Crippen LogP) is 6.36. The van der Waals surface area contributed by atoms with E-state index in [0.717, 1.165) is 47.9 Å². The van der Waals surface area contributed by atoms with Gasteiger partial charge in [-0.25, -0.2) is 13.4 Å². The fourth-order valence-electron chi connectivity index (χ4n) is 6.56. The summed E-state index contributed by atoms with van der Waals surface area (Å²) in [5.41, 5.74) is -1.72. The maximum Gasteiger partial charge on any atom is 0.297 e. The molecule has 36 heteroatoms. The summed E-state index contributed by atoms with van der Waals surface area (Å²) < 4.78 is 197. The van der Waals surface area contributed by atoms with Crippen LogP contribution in [-0.4, -0.2) is 111 Å². The molecule has 0 saturated heterocycles. The zero-order valence-corrected chi connectivity index (χ0v) is 41.9. The van der Waals surface area contributed by atoms with E-state index in [9.17, 15) is 83.5 Å². The molecule has 73 heavy (non-hydrogen) atoms. The van der Waals surface area contributed by atoms with Crippen molar-refractivity contribution in [1.82, 2.24) is 14.8 Å². The summed E-state index contributed by atoms with van der Waals surface area (Å²) in [7, 11) is -27.6. The predicted molar refractivity (Wildman–Crippen MR) is 254 cm³/mol. The third-order valence-corrected chi connectivity index (χ3v) is 15.5. The highest BCUT2D eigenvalue weighted by Gasteiger charge is 2.25. The first-order valence-corrected chi connectivity index (χ1v) is 29.1. The van der Waals surface area contributed by atoms with Gasteiger partial charge in [0.2, 0.25) is 11.0 Å². The van der Waals surface area contributed by atoms with Crippen molar-refractivity contribution in [2.75, 3.05) is 12.4 Å². The Morgan fingerprint density at radius 2 is 1.26 bits per heavy atom. The van der Waals surface area contributed by atoms with Crippen LogP contribution in [0.25, 0.3) is 26.7 Å². The summed E-state index contributed by atoms with van der Waals surface area (Å²) in [6.45, 7) is 1.22. The Balaban J connectivity index is 1.22. The molecule has 0 aliphatic carbocycles. The summed E-state index contributed by atoms with van der Waals surface area (Å²) in [4.78, 5) is 0.520. The Morgan fingerprint density at radius 1 is 0.658 bits per heavy atom. The van der Waals surface area contributed by atoms with Crippen LogP contribution >= 0.6 is 11.3 Å². The molecule has 7 aromatic rings. The second kappa shape index (κ2) is 20.2. The number of ether oxygens (including phenoxy) is 1. The number of aromatic nitrogens is 3. The van der Waals surface area contributed by atoms with Gasteiger partial charge in [0.15, 0.2) is 11.4 Å². The third kappa shape index (κ3) is 12.7. The highest BCUT2D eigenvalue weighted by molar-refractivity contribution is 7.87. The van der Waals surface area contributed by atoms with Crippen molar-refractivity contribution >= 4 is 127 Å². The molecule has 2 aromatic heterocycles. The van der Waals surface area contributed by atoms with Crippen LogP contribution in [0.4, 0.5) is 33.6 Å². The van der Waals surface area contributed by atoms with Gasteiger partial charge in [-0.3, -0.25) is 22.8 Å². The Hall–Kier alpha value is -6.84. The first kappa shape index (κ1) is 53.9. The van der Waals surface area contributed by atoms with Crippen LogP contribution in [0.5, 0.6) is 17.4 Å². The SMILES string of the molecule is Cc1cc(N=Nc2ccc3c(S(=O)(=O)O)c(N=Nc4cnn(-c5cc(S(=O)(=O)O)cc(S(=O)(=O)O)c5)c4O)ccc3c2O)c(OCCCS(=O)(=O)O)cc1N=Nc1nc2c(S(=O)(=O)O)cc(C[SH](=O)=O)cc2s1. The normalized spacial score (nSPS) is 13.2. The molecule has 0 fully saturated rings. The molecule has 29 nitrogen and oxygen atoms in total. The van der Waals surface area contributed by atoms with Crippen molar-refractivity contribution in [3.63, 3.8) is 0 Å².